The molecule has 1 aromatic heterocycles. The number of rotatable bonds is 4. The van der Waals surface area contributed by atoms with Crippen molar-refractivity contribution in [2.45, 2.75) is 0 Å². The van der Waals surface area contributed by atoms with Gasteiger partial charge in [-0.2, -0.15) is 0 Å². The molecular formula is C19H17N3O4S. The average Bonchev–Trinajstić information content (AvgIpc) is 3.16. The molecule has 0 radical (unpaired) electrons. The minimum absolute atomic E-state index is 0.369. The van der Waals surface area contributed by atoms with Gasteiger partial charge < -0.3 is 19.5 Å². The third-order valence-electron chi connectivity index (χ3n) is 3.89. The number of carbonyl (C=O) groups excluding carboxylic acids is 1. The first-order valence-electron chi connectivity index (χ1n) is 8.29. The van der Waals surface area contributed by atoms with E-state index in [9.17, 15) is 4.79 Å². The van der Waals surface area contributed by atoms with Gasteiger partial charge in [-0.15, -0.1) is 11.3 Å². The monoisotopic (exact) mass is 383 g/mol. The lowest BCUT2D eigenvalue weighted by Gasteiger charge is -2.18. The molecule has 0 atom stereocenters. The standard InChI is InChI=1S/C19H17N3O4S/c1-24-14-4-2-3-13(10-14)20-18(23)22-19-21-15(11-27-19)12-5-6-16-17(9-12)26-8-7-25-16/h2-6,9-11H,7-8H2,1H3,(H2,20,21,22,23). The third kappa shape index (κ3) is 3.95. The number of fused-ring (bicyclic) bond motifs is 1. The Balaban J connectivity index is 1.44. The molecule has 138 valence electrons. The van der Waals surface area contributed by atoms with Crippen molar-refractivity contribution in [1.82, 2.24) is 4.98 Å². The molecule has 0 aliphatic carbocycles. The Hall–Kier alpha value is -3.26. The van der Waals surface area contributed by atoms with E-state index < -0.39 is 0 Å². The van der Waals surface area contributed by atoms with Crippen molar-refractivity contribution in [1.29, 1.82) is 0 Å². The number of nitrogens with one attached hydrogen (secondary N) is 2. The molecule has 1 aliphatic heterocycles. The van der Waals surface area contributed by atoms with E-state index in [0.717, 1.165) is 17.0 Å². The van der Waals surface area contributed by atoms with Crippen molar-refractivity contribution >= 4 is 28.2 Å². The first-order chi connectivity index (χ1) is 13.2. The molecular weight excluding hydrogens is 366 g/mol. The summed E-state index contributed by atoms with van der Waals surface area (Å²) in [5, 5.41) is 7.88. The number of hydrogen-bond donors (Lipinski definition) is 2. The lowest BCUT2D eigenvalue weighted by Crippen LogP contribution is -2.19. The number of benzene rings is 2. The summed E-state index contributed by atoms with van der Waals surface area (Å²) in [6.07, 6.45) is 0. The Morgan fingerprint density at radius 1 is 1.11 bits per heavy atom. The largest absolute Gasteiger partial charge is 0.497 e. The maximum Gasteiger partial charge on any atom is 0.325 e. The lowest BCUT2D eigenvalue weighted by atomic mass is 10.1. The van der Waals surface area contributed by atoms with Crippen molar-refractivity contribution in [2.24, 2.45) is 0 Å². The molecule has 3 aromatic rings. The minimum atomic E-state index is -0.369. The van der Waals surface area contributed by atoms with Crippen molar-refractivity contribution in [3.63, 3.8) is 0 Å². The molecule has 7 nitrogen and oxygen atoms in total. The van der Waals surface area contributed by atoms with Gasteiger partial charge in [0.15, 0.2) is 16.6 Å². The van der Waals surface area contributed by atoms with Gasteiger partial charge in [-0.1, -0.05) is 6.07 Å². The highest BCUT2D eigenvalue weighted by Crippen LogP contribution is 2.35. The molecule has 0 spiro atoms. The third-order valence-corrected chi connectivity index (χ3v) is 4.65. The zero-order chi connectivity index (χ0) is 18.6. The van der Waals surface area contributed by atoms with Crippen LogP contribution in [0, 0.1) is 0 Å². The Morgan fingerprint density at radius 3 is 2.81 bits per heavy atom. The number of urea groups is 1. The van der Waals surface area contributed by atoms with Crippen LogP contribution in [0.2, 0.25) is 0 Å². The Labute approximate surface area is 159 Å². The van der Waals surface area contributed by atoms with Crippen molar-refractivity contribution < 1.29 is 19.0 Å². The van der Waals surface area contributed by atoms with Gasteiger partial charge in [0.1, 0.15) is 19.0 Å². The van der Waals surface area contributed by atoms with Crippen LogP contribution in [0.3, 0.4) is 0 Å². The second kappa shape index (κ2) is 7.55. The summed E-state index contributed by atoms with van der Waals surface area (Å²) < 4.78 is 16.3. The fourth-order valence-electron chi connectivity index (χ4n) is 2.63. The topological polar surface area (TPSA) is 81.7 Å². The van der Waals surface area contributed by atoms with Crippen LogP contribution in [0.15, 0.2) is 47.8 Å². The minimum Gasteiger partial charge on any atom is -0.497 e. The molecule has 0 bridgehead atoms. The van der Waals surface area contributed by atoms with Crippen molar-refractivity contribution in [2.75, 3.05) is 31.0 Å². The number of amides is 2. The van der Waals surface area contributed by atoms with Gasteiger partial charge in [0.05, 0.1) is 12.8 Å². The normalized spacial score (nSPS) is 12.3. The van der Waals surface area contributed by atoms with Crippen molar-refractivity contribution in [3.8, 4) is 28.5 Å². The van der Waals surface area contributed by atoms with E-state index in [2.05, 4.69) is 15.6 Å². The van der Waals surface area contributed by atoms with Gasteiger partial charge in [-0.05, 0) is 30.3 Å². The van der Waals surface area contributed by atoms with E-state index in [4.69, 9.17) is 14.2 Å². The predicted octanol–water partition coefficient (Wildman–Crippen LogP) is 4.23. The quantitative estimate of drug-likeness (QED) is 0.704. The van der Waals surface area contributed by atoms with E-state index in [1.807, 2.05) is 29.6 Å². The van der Waals surface area contributed by atoms with Gasteiger partial charge in [0.2, 0.25) is 0 Å². The number of methoxy groups -OCH3 is 1. The molecule has 0 unspecified atom stereocenters. The van der Waals surface area contributed by atoms with Crippen molar-refractivity contribution in [3.05, 3.63) is 47.8 Å². The summed E-state index contributed by atoms with van der Waals surface area (Å²) in [6.45, 7) is 1.09. The zero-order valence-electron chi connectivity index (χ0n) is 14.5. The average molecular weight is 383 g/mol. The summed E-state index contributed by atoms with van der Waals surface area (Å²) in [5.74, 6) is 2.11. The molecule has 4 rings (SSSR count). The number of hydrogen-bond acceptors (Lipinski definition) is 6. The maximum atomic E-state index is 12.2. The van der Waals surface area contributed by atoms with E-state index in [-0.39, 0.29) is 6.03 Å². The number of aromatic nitrogens is 1. The van der Waals surface area contributed by atoms with Crippen LogP contribution in [-0.4, -0.2) is 31.3 Å². The molecule has 2 heterocycles. The highest BCUT2D eigenvalue weighted by atomic mass is 32.1. The van der Waals surface area contributed by atoms with Gasteiger partial charge in [-0.25, -0.2) is 9.78 Å². The first kappa shape index (κ1) is 17.2. The van der Waals surface area contributed by atoms with E-state index in [1.54, 1.807) is 25.3 Å². The summed E-state index contributed by atoms with van der Waals surface area (Å²) in [6, 6.07) is 12.4. The summed E-state index contributed by atoms with van der Waals surface area (Å²) in [4.78, 5) is 16.7. The van der Waals surface area contributed by atoms with Crippen LogP contribution in [0.25, 0.3) is 11.3 Å². The molecule has 0 saturated carbocycles. The van der Waals surface area contributed by atoms with E-state index in [1.165, 1.54) is 11.3 Å². The Morgan fingerprint density at radius 2 is 1.96 bits per heavy atom. The van der Waals surface area contributed by atoms with Gasteiger partial charge in [0, 0.05) is 22.7 Å². The molecule has 2 aromatic carbocycles. The lowest BCUT2D eigenvalue weighted by molar-refractivity contribution is 0.171. The van der Waals surface area contributed by atoms with Gasteiger partial charge in [-0.3, -0.25) is 5.32 Å². The molecule has 0 saturated heterocycles. The van der Waals surface area contributed by atoms with Crippen LogP contribution in [0.1, 0.15) is 0 Å². The van der Waals surface area contributed by atoms with E-state index >= 15 is 0 Å². The number of anilines is 2. The molecule has 2 N–H and O–H groups in total. The molecule has 2 amide bonds. The smallest absolute Gasteiger partial charge is 0.325 e. The second-order valence-corrected chi connectivity index (χ2v) is 6.57. The number of nitrogens with zero attached hydrogens (tertiary/aromatic N) is 1. The van der Waals surface area contributed by atoms with E-state index in [0.29, 0.717) is 35.5 Å². The van der Waals surface area contributed by atoms with Gasteiger partial charge >= 0.3 is 6.03 Å². The number of thiazole rings is 1. The van der Waals surface area contributed by atoms with Crippen LogP contribution in [0.5, 0.6) is 17.2 Å². The zero-order valence-corrected chi connectivity index (χ0v) is 15.3. The molecule has 1 aliphatic rings. The fourth-order valence-corrected chi connectivity index (χ4v) is 3.34. The Bertz CT molecular complexity index is 973. The van der Waals surface area contributed by atoms with Crippen LogP contribution >= 0.6 is 11.3 Å². The first-order valence-corrected chi connectivity index (χ1v) is 9.17. The highest BCUT2D eigenvalue weighted by Gasteiger charge is 2.14. The Kier molecular flexibility index (Phi) is 4.80. The molecule has 0 fully saturated rings. The summed E-state index contributed by atoms with van der Waals surface area (Å²) in [5.41, 5.74) is 2.29. The van der Waals surface area contributed by atoms with Crippen LogP contribution in [-0.2, 0) is 0 Å². The second-order valence-electron chi connectivity index (χ2n) is 5.71. The SMILES string of the molecule is COc1cccc(NC(=O)Nc2nc(-c3ccc4c(c3)OCCO4)cs2)c1. The molecule has 27 heavy (non-hydrogen) atoms. The number of ether oxygens (including phenoxy) is 3. The summed E-state index contributed by atoms with van der Waals surface area (Å²) in [7, 11) is 1.58. The van der Waals surface area contributed by atoms with Crippen LogP contribution in [0.4, 0.5) is 15.6 Å². The highest BCUT2D eigenvalue weighted by molar-refractivity contribution is 7.14. The fraction of sp³-hybridized carbons (Fsp3) is 0.158. The van der Waals surface area contributed by atoms with Gasteiger partial charge in [0.25, 0.3) is 0 Å². The maximum absolute atomic E-state index is 12.2. The predicted molar refractivity (Wildman–Crippen MR) is 104 cm³/mol. The van der Waals surface area contributed by atoms with Crippen LogP contribution < -0.4 is 24.8 Å². The number of carbonyl (C=O) groups is 1. The molecule has 8 heteroatoms. The summed E-state index contributed by atoms with van der Waals surface area (Å²) >= 11 is 1.35.